The van der Waals surface area contributed by atoms with Crippen LogP contribution in [0.15, 0.2) is 40.9 Å². The molecule has 1 nitrogen and oxygen atoms in total. The molecule has 94 valence electrons. The summed E-state index contributed by atoms with van der Waals surface area (Å²) in [6, 6.07) is 11.5. The third kappa shape index (κ3) is 3.19. The van der Waals surface area contributed by atoms with Gasteiger partial charge in [-0.3, -0.25) is 0 Å². The van der Waals surface area contributed by atoms with E-state index in [0.29, 0.717) is 22.4 Å². The van der Waals surface area contributed by atoms with Crippen LogP contribution in [0.4, 0.5) is 0 Å². The molecule has 18 heavy (non-hydrogen) atoms. The van der Waals surface area contributed by atoms with Crippen molar-refractivity contribution in [1.82, 2.24) is 0 Å². The average Bonchev–Trinajstić information content (AvgIpc) is 2.30. The molecule has 0 saturated heterocycles. The van der Waals surface area contributed by atoms with Crippen LogP contribution >= 0.6 is 39.1 Å². The van der Waals surface area contributed by atoms with Gasteiger partial charge in [0.15, 0.2) is 5.75 Å². The summed E-state index contributed by atoms with van der Waals surface area (Å²) >= 11 is 15.4. The summed E-state index contributed by atoms with van der Waals surface area (Å²) in [4.78, 5) is 0. The van der Waals surface area contributed by atoms with E-state index in [1.54, 1.807) is 12.1 Å². The minimum atomic E-state index is 0.479. The Morgan fingerprint density at radius 3 is 2.56 bits per heavy atom. The van der Waals surface area contributed by atoms with Crippen LogP contribution < -0.4 is 4.74 Å². The summed E-state index contributed by atoms with van der Waals surface area (Å²) in [6.07, 6.45) is 0. The van der Waals surface area contributed by atoms with Crippen molar-refractivity contribution in [3.63, 3.8) is 0 Å². The zero-order chi connectivity index (χ0) is 13.1. The summed E-state index contributed by atoms with van der Waals surface area (Å²) < 4.78 is 6.51. The summed E-state index contributed by atoms with van der Waals surface area (Å²) in [5.41, 5.74) is 2.33. The van der Waals surface area contributed by atoms with E-state index < -0.39 is 0 Å². The highest BCUT2D eigenvalue weighted by Gasteiger charge is 2.09. The maximum Gasteiger partial charge on any atom is 0.152 e. The maximum absolute atomic E-state index is 6.10. The van der Waals surface area contributed by atoms with Crippen LogP contribution in [0.3, 0.4) is 0 Å². The van der Waals surface area contributed by atoms with Crippen LogP contribution in [-0.4, -0.2) is 0 Å². The predicted molar refractivity (Wildman–Crippen MR) is 79.7 cm³/mol. The van der Waals surface area contributed by atoms with Crippen LogP contribution in [0.2, 0.25) is 10.0 Å². The van der Waals surface area contributed by atoms with Gasteiger partial charge in [-0.1, -0.05) is 47.5 Å². The third-order valence-corrected chi connectivity index (χ3v) is 3.68. The first-order valence-electron chi connectivity index (χ1n) is 5.40. The van der Waals surface area contributed by atoms with E-state index in [4.69, 9.17) is 27.9 Å². The highest BCUT2D eigenvalue weighted by atomic mass is 79.9. The number of rotatable bonds is 3. The number of hydrogen-bond acceptors (Lipinski definition) is 1. The summed E-state index contributed by atoms with van der Waals surface area (Å²) in [5, 5.41) is 1.08. The van der Waals surface area contributed by atoms with Crippen molar-refractivity contribution in [3.8, 4) is 5.75 Å². The number of benzene rings is 2. The molecule has 0 saturated carbocycles. The zero-order valence-corrected chi connectivity index (χ0v) is 12.8. The molecular weight excluding hydrogens is 335 g/mol. The van der Waals surface area contributed by atoms with Crippen molar-refractivity contribution >= 4 is 39.1 Å². The molecule has 2 aromatic rings. The third-order valence-electron chi connectivity index (χ3n) is 2.60. The van der Waals surface area contributed by atoms with Crippen LogP contribution in [0.25, 0.3) is 0 Å². The Morgan fingerprint density at radius 2 is 1.89 bits per heavy atom. The van der Waals surface area contributed by atoms with Crippen molar-refractivity contribution in [3.05, 3.63) is 62.0 Å². The molecule has 0 heterocycles. The number of ether oxygens (including phenoxy) is 1. The standard InChI is InChI=1S/C14H11BrCl2O/c1-9-4-2-3-5-10(9)8-18-14-12(15)6-11(16)7-13(14)17/h2-7H,8H2,1H3. The molecule has 0 aliphatic carbocycles. The fraction of sp³-hybridized carbons (Fsp3) is 0.143. The number of halogens is 3. The van der Waals surface area contributed by atoms with E-state index in [9.17, 15) is 0 Å². The topological polar surface area (TPSA) is 9.23 Å². The summed E-state index contributed by atoms with van der Waals surface area (Å²) in [5.74, 6) is 0.615. The Hall–Kier alpha value is -0.700. The first kappa shape index (κ1) is 13.7. The lowest BCUT2D eigenvalue weighted by Gasteiger charge is -2.12. The van der Waals surface area contributed by atoms with Gasteiger partial charge in [-0.15, -0.1) is 0 Å². The normalized spacial score (nSPS) is 10.4. The van der Waals surface area contributed by atoms with Crippen molar-refractivity contribution in [2.24, 2.45) is 0 Å². The van der Waals surface area contributed by atoms with E-state index in [0.717, 1.165) is 10.0 Å². The van der Waals surface area contributed by atoms with Crippen molar-refractivity contribution in [2.75, 3.05) is 0 Å². The summed E-state index contributed by atoms with van der Waals surface area (Å²) in [7, 11) is 0. The molecule has 0 spiro atoms. The number of hydrogen-bond donors (Lipinski definition) is 0. The molecule has 0 unspecified atom stereocenters. The molecular formula is C14H11BrCl2O. The molecule has 0 aliphatic rings. The van der Waals surface area contributed by atoms with Crippen molar-refractivity contribution in [1.29, 1.82) is 0 Å². The van der Waals surface area contributed by atoms with Gasteiger partial charge in [0.2, 0.25) is 0 Å². The highest BCUT2D eigenvalue weighted by Crippen LogP contribution is 2.36. The van der Waals surface area contributed by atoms with Gasteiger partial charge in [-0.25, -0.2) is 0 Å². The Labute approximate surface area is 125 Å². The summed E-state index contributed by atoms with van der Waals surface area (Å²) in [6.45, 7) is 2.53. The lowest BCUT2D eigenvalue weighted by molar-refractivity contribution is 0.303. The van der Waals surface area contributed by atoms with E-state index in [-0.39, 0.29) is 0 Å². The van der Waals surface area contributed by atoms with E-state index >= 15 is 0 Å². The Morgan fingerprint density at radius 1 is 1.17 bits per heavy atom. The SMILES string of the molecule is Cc1ccccc1COc1c(Cl)cc(Cl)cc1Br. The predicted octanol–water partition coefficient (Wildman–Crippen LogP) is 5.64. The molecule has 0 N–H and O–H groups in total. The lowest BCUT2D eigenvalue weighted by atomic mass is 10.1. The van der Waals surface area contributed by atoms with Gasteiger partial charge in [-0.2, -0.15) is 0 Å². The van der Waals surface area contributed by atoms with Gasteiger partial charge in [0, 0.05) is 5.02 Å². The molecule has 0 aliphatic heterocycles. The van der Waals surface area contributed by atoms with Crippen LogP contribution in [0.1, 0.15) is 11.1 Å². The van der Waals surface area contributed by atoms with Crippen LogP contribution in [-0.2, 0) is 6.61 Å². The molecule has 0 bridgehead atoms. The second kappa shape index (κ2) is 5.96. The molecule has 2 aromatic carbocycles. The Balaban J connectivity index is 2.19. The fourth-order valence-corrected chi connectivity index (χ4v) is 2.96. The molecule has 2 rings (SSSR count). The minimum absolute atomic E-state index is 0.479. The molecule has 0 radical (unpaired) electrons. The van der Waals surface area contributed by atoms with Gasteiger partial charge < -0.3 is 4.74 Å². The first-order chi connectivity index (χ1) is 8.58. The van der Waals surface area contributed by atoms with Crippen LogP contribution in [0.5, 0.6) is 5.75 Å². The van der Waals surface area contributed by atoms with Crippen molar-refractivity contribution in [2.45, 2.75) is 13.5 Å². The number of aryl methyl sites for hydroxylation is 1. The molecule has 0 fully saturated rings. The second-order valence-electron chi connectivity index (χ2n) is 3.91. The minimum Gasteiger partial charge on any atom is -0.486 e. The highest BCUT2D eigenvalue weighted by molar-refractivity contribution is 9.10. The average molecular weight is 346 g/mol. The monoisotopic (exact) mass is 344 g/mol. The van der Waals surface area contributed by atoms with Gasteiger partial charge in [-0.05, 0) is 46.1 Å². The molecule has 0 amide bonds. The second-order valence-corrected chi connectivity index (χ2v) is 5.61. The van der Waals surface area contributed by atoms with E-state index in [1.165, 1.54) is 5.56 Å². The first-order valence-corrected chi connectivity index (χ1v) is 6.94. The smallest absolute Gasteiger partial charge is 0.152 e. The van der Waals surface area contributed by atoms with Crippen LogP contribution in [0, 0.1) is 6.92 Å². The fourth-order valence-electron chi connectivity index (χ4n) is 1.59. The van der Waals surface area contributed by atoms with Crippen molar-refractivity contribution < 1.29 is 4.74 Å². The van der Waals surface area contributed by atoms with Gasteiger partial charge in [0.05, 0.1) is 9.50 Å². The lowest BCUT2D eigenvalue weighted by Crippen LogP contribution is -1.98. The largest absolute Gasteiger partial charge is 0.486 e. The Kier molecular flexibility index (Phi) is 4.55. The van der Waals surface area contributed by atoms with E-state index in [2.05, 4.69) is 28.9 Å². The van der Waals surface area contributed by atoms with Gasteiger partial charge in [0.1, 0.15) is 6.61 Å². The van der Waals surface area contributed by atoms with E-state index in [1.807, 2.05) is 18.2 Å². The van der Waals surface area contributed by atoms with Gasteiger partial charge >= 0.3 is 0 Å². The Bertz CT molecular complexity index is 546. The molecule has 4 heteroatoms. The maximum atomic E-state index is 6.10. The van der Waals surface area contributed by atoms with Gasteiger partial charge in [0.25, 0.3) is 0 Å². The quantitative estimate of drug-likeness (QED) is 0.699. The molecule has 0 atom stereocenters. The zero-order valence-electron chi connectivity index (χ0n) is 9.71. The molecule has 0 aromatic heterocycles.